The summed E-state index contributed by atoms with van der Waals surface area (Å²) in [5.74, 6) is -0.134. The molecule has 0 aromatic heterocycles. The van der Waals surface area contributed by atoms with Crippen LogP contribution in [0, 0.1) is 0 Å². The number of amides is 1. The van der Waals surface area contributed by atoms with Crippen LogP contribution in [0.25, 0.3) is 0 Å². The average molecular weight is 501 g/mol. The average Bonchev–Trinajstić information content (AvgIpc) is 2.63. The molecule has 1 amide bonds. The summed E-state index contributed by atoms with van der Waals surface area (Å²) in [7, 11) is -2.78. The highest BCUT2D eigenvalue weighted by Crippen LogP contribution is 2.38. The lowest BCUT2D eigenvalue weighted by Crippen LogP contribution is -2.24. The number of hydrazone groups is 1. The molecule has 0 saturated heterocycles. The Hall–Kier alpha value is -2.70. The molecule has 12 heteroatoms. The van der Waals surface area contributed by atoms with E-state index in [1.165, 1.54) is 50.6 Å². The predicted molar refractivity (Wildman–Crippen MR) is 117 cm³/mol. The highest BCUT2D eigenvalue weighted by Gasteiger charge is 2.22. The summed E-state index contributed by atoms with van der Waals surface area (Å²) in [4.78, 5) is 11.0. The lowest BCUT2D eigenvalue weighted by Gasteiger charge is -2.13. The van der Waals surface area contributed by atoms with Crippen molar-refractivity contribution in [1.82, 2.24) is 5.43 Å². The molecular formula is C17H17BrN4O5S2. The fraction of sp³-hybridized carbons (Fsp3) is 0.118. The number of ether oxygens (including phenoxy) is 1. The molecule has 0 bridgehead atoms. The summed E-state index contributed by atoms with van der Waals surface area (Å²) >= 11 is 7.93. The van der Waals surface area contributed by atoms with Crippen LogP contribution in [0.2, 0.25) is 0 Å². The Morgan fingerprint density at radius 1 is 1.28 bits per heavy atom. The molecule has 0 heterocycles. The Kier molecular flexibility index (Phi) is 7.53. The summed E-state index contributed by atoms with van der Waals surface area (Å²) in [6, 6.07) is 8.67. The lowest BCUT2D eigenvalue weighted by molar-refractivity contribution is -0.114. The van der Waals surface area contributed by atoms with Crippen LogP contribution < -0.4 is 25.4 Å². The molecule has 2 rings (SSSR count). The van der Waals surface area contributed by atoms with Crippen LogP contribution in [0.15, 0.2) is 50.9 Å². The van der Waals surface area contributed by atoms with Gasteiger partial charge >= 0.3 is 10.1 Å². The van der Waals surface area contributed by atoms with Crippen molar-refractivity contribution in [3.63, 3.8) is 0 Å². The quantitative estimate of drug-likeness (QED) is 0.228. The van der Waals surface area contributed by atoms with Gasteiger partial charge < -0.3 is 20.0 Å². The second-order valence-electron chi connectivity index (χ2n) is 5.51. The molecule has 0 aliphatic heterocycles. The van der Waals surface area contributed by atoms with E-state index in [-0.39, 0.29) is 27.4 Å². The molecular weight excluding hydrogens is 484 g/mol. The predicted octanol–water partition coefficient (Wildman–Crippen LogP) is 2.35. The third-order valence-electron chi connectivity index (χ3n) is 3.30. The monoisotopic (exact) mass is 500 g/mol. The van der Waals surface area contributed by atoms with Crippen molar-refractivity contribution >= 4 is 61.2 Å². The standard InChI is InChI=1S/C17H17BrN4O5S2/c1-10(23)21-12-3-5-13(6-4-12)29(24,25)27-16-14(18)7-11(8-15(16)26-2)9-20-22-17(19)28/h3-9H,1-2H3,(H,21,23)(H3,19,22,28)/b20-9-. The number of nitrogens with zero attached hydrogens (tertiary/aromatic N) is 1. The Balaban J connectivity index is 2.30. The number of nitrogens with two attached hydrogens (primary N) is 1. The van der Waals surface area contributed by atoms with Crippen LogP contribution in [-0.4, -0.2) is 32.8 Å². The summed E-state index contributed by atoms with van der Waals surface area (Å²) in [6.07, 6.45) is 1.42. The van der Waals surface area contributed by atoms with E-state index >= 15 is 0 Å². The molecule has 4 N–H and O–H groups in total. The SMILES string of the molecule is COc1cc(/C=N\NC(N)=S)cc(Br)c1OS(=O)(=O)c1ccc(NC(C)=O)cc1. The number of anilines is 1. The topological polar surface area (TPSA) is 132 Å². The molecule has 154 valence electrons. The summed E-state index contributed by atoms with van der Waals surface area (Å²) in [6.45, 7) is 1.35. The first-order valence-electron chi connectivity index (χ1n) is 7.90. The molecule has 0 aliphatic carbocycles. The largest absolute Gasteiger partial charge is 0.493 e. The van der Waals surface area contributed by atoms with E-state index in [4.69, 9.17) is 14.7 Å². The van der Waals surface area contributed by atoms with Crippen molar-refractivity contribution in [1.29, 1.82) is 0 Å². The molecule has 9 nitrogen and oxygen atoms in total. The minimum absolute atomic E-state index is 0.00264. The van der Waals surface area contributed by atoms with Gasteiger partial charge in [0.15, 0.2) is 16.6 Å². The Bertz CT molecular complexity index is 1060. The minimum atomic E-state index is -4.16. The number of rotatable bonds is 7. The molecule has 29 heavy (non-hydrogen) atoms. The molecule has 0 spiro atoms. The second-order valence-corrected chi connectivity index (χ2v) is 8.35. The third-order valence-corrected chi connectivity index (χ3v) is 5.21. The van der Waals surface area contributed by atoms with Gasteiger partial charge in [-0.3, -0.25) is 10.2 Å². The number of nitrogens with one attached hydrogen (secondary N) is 2. The highest BCUT2D eigenvalue weighted by atomic mass is 79.9. The number of hydrogen-bond donors (Lipinski definition) is 3. The first-order valence-corrected chi connectivity index (χ1v) is 10.5. The number of benzene rings is 2. The molecule has 0 fully saturated rings. The zero-order valence-electron chi connectivity index (χ0n) is 15.3. The van der Waals surface area contributed by atoms with Gasteiger partial charge in [0, 0.05) is 12.6 Å². The molecule has 2 aromatic rings. The van der Waals surface area contributed by atoms with Crippen LogP contribution in [0.3, 0.4) is 0 Å². The van der Waals surface area contributed by atoms with Crippen LogP contribution in [-0.2, 0) is 14.9 Å². The number of halogens is 1. The molecule has 0 unspecified atom stereocenters. The Morgan fingerprint density at radius 2 is 1.93 bits per heavy atom. The van der Waals surface area contributed by atoms with E-state index in [0.29, 0.717) is 15.7 Å². The zero-order valence-corrected chi connectivity index (χ0v) is 18.5. The number of carbonyl (C=O) groups is 1. The van der Waals surface area contributed by atoms with Crippen LogP contribution in [0.5, 0.6) is 11.5 Å². The number of carbonyl (C=O) groups excluding carboxylic acids is 1. The zero-order chi connectivity index (χ0) is 21.6. The maximum atomic E-state index is 12.6. The van der Waals surface area contributed by atoms with E-state index < -0.39 is 10.1 Å². The number of methoxy groups -OCH3 is 1. The molecule has 2 aromatic carbocycles. The van der Waals surface area contributed by atoms with Crippen molar-refractivity contribution in [2.75, 3.05) is 12.4 Å². The van der Waals surface area contributed by atoms with Crippen LogP contribution in [0.1, 0.15) is 12.5 Å². The molecule has 0 radical (unpaired) electrons. The van der Waals surface area contributed by atoms with Gasteiger partial charge in [0.2, 0.25) is 5.91 Å². The van der Waals surface area contributed by atoms with E-state index in [1.54, 1.807) is 6.07 Å². The molecule has 0 atom stereocenters. The van der Waals surface area contributed by atoms with E-state index in [1.807, 2.05) is 0 Å². The van der Waals surface area contributed by atoms with Crippen molar-refractivity contribution in [2.45, 2.75) is 11.8 Å². The van der Waals surface area contributed by atoms with E-state index in [0.717, 1.165) is 0 Å². The molecule has 0 aliphatic rings. The van der Waals surface area contributed by atoms with Crippen LogP contribution >= 0.6 is 28.1 Å². The van der Waals surface area contributed by atoms with Crippen molar-refractivity contribution in [3.8, 4) is 11.5 Å². The summed E-state index contributed by atoms with van der Waals surface area (Å²) < 4.78 is 36.1. The van der Waals surface area contributed by atoms with E-state index in [9.17, 15) is 13.2 Å². The van der Waals surface area contributed by atoms with Gasteiger partial charge in [-0.1, -0.05) is 0 Å². The van der Waals surface area contributed by atoms with Crippen molar-refractivity contribution < 1.29 is 22.1 Å². The fourth-order valence-corrected chi connectivity index (χ4v) is 3.79. The third kappa shape index (κ3) is 6.41. The first-order chi connectivity index (χ1) is 13.6. The second kappa shape index (κ2) is 9.67. The Morgan fingerprint density at radius 3 is 2.48 bits per heavy atom. The number of thiocarbonyl (C=S) groups is 1. The van der Waals surface area contributed by atoms with Gasteiger partial charge in [0.05, 0.1) is 17.8 Å². The maximum Gasteiger partial charge on any atom is 0.339 e. The van der Waals surface area contributed by atoms with Gasteiger partial charge in [-0.2, -0.15) is 13.5 Å². The molecule has 0 saturated carbocycles. The van der Waals surface area contributed by atoms with Gasteiger partial charge in [0.1, 0.15) is 4.90 Å². The van der Waals surface area contributed by atoms with Crippen molar-refractivity contribution in [2.24, 2.45) is 10.8 Å². The van der Waals surface area contributed by atoms with Crippen LogP contribution in [0.4, 0.5) is 5.69 Å². The normalized spacial score (nSPS) is 11.1. The summed E-state index contributed by atoms with van der Waals surface area (Å²) in [5.41, 5.74) is 8.73. The maximum absolute atomic E-state index is 12.6. The lowest BCUT2D eigenvalue weighted by atomic mass is 10.2. The smallest absolute Gasteiger partial charge is 0.339 e. The van der Waals surface area contributed by atoms with E-state index in [2.05, 4.69) is 44.0 Å². The first kappa shape index (κ1) is 22.6. The summed E-state index contributed by atoms with van der Waals surface area (Å²) in [5, 5.41) is 6.39. The fourth-order valence-electron chi connectivity index (χ4n) is 2.13. The highest BCUT2D eigenvalue weighted by molar-refractivity contribution is 9.10. The van der Waals surface area contributed by atoms with Gasteiger partial charge in [0.25, 0.3) is 0 Å². The van der Waals surface area contributed by atoms with Gasteiger partial charge in [-0.25, -0.2) is 0 Å². The Labute approximate surface area is 181 Å². The van der Waals surface area contributed by atoms with Gasteiger partial charge in [-0.15, -0.1) is 0 Å². The number of hydrogen-bond acceptors (Lipinski definition) is 7. The minimum Gasteiger partial charge on any atom is -0.493 e. The van der Waals surface area contributed by atoms with Gasteiger partial charge in [-0.05, 0) is 70.1 Å². The van der Waals surface area contributed by atoms with Crippen molar-refractivity contribution in [3.05, 3.63) is 46.4 Å².